The zero-order valence-corrected chi connectivity index (χ0v) is 14.3. The van der Waals surface area contributed by atoms with Crippen LogP contribution in [0.4, 0.5) is 5.69 Å². The highest BCUT2D eigenvalue weighted by atomic mass is 16.5. The van der Waals surface area contributed by atoms with Crippen LogP contribution in [0.25, 0.3) is 0 Å². The van der Waals surface area contributed by atoms with Crippen LogP contribution in [0.2, 0.25) is 0 Å². The molecular formula is C18H22N2O4. The molecule has 0 amide bonds. The van der Waals surface area contributed by atoms with E-state index in [1.165, 1.54) is 0 Å². The average Bonchev–Trinajstić information content (AvgIpc) is 2.62. The Morgan fingerprint density at radius 3 is 2.21 bits per heavy atom. The number of carbonyl (C=O) groups excluding carboxylic acids is 1. The second-order valence-corrected chi connectivity index (χ2v) is 5.37. The van der Waals surface area contributed by atoms with Crippen LogP contribution in [0.1, 0.15) is 19.8 Å². The van der Waals surface area contributed by atoms with Crippen LogP contribution in [0, 0.1) is 11.3 Å². The minimum Gasteiger partial charge on any atom is -0.497 e. The van der Waals surface area contributed by atoms with Gasteiger partial charge in [0.1, 0.15) is 23.1 Å². The van der Waals surface area contributed by atoms with Crippen LogP contribution in [0.15, 0.2) is 29.3 Å². The SMILES string of the molecule is CCOC(=O)C(C#N)=C1CCN(c2cc(OC)cc(OC)c2)CC1. The minimum atomic E-state index is -0.522. The number of esters is 1. The fraction of sp³-hybridized carbons (Fsp3) is 0.444. The molecule has 0 spiro atoms. The van der Waals surface area contributed by atoms with Gasteiger partial charge in [-0.05, 0) is 25.3 Å². The van der Waals surface area contributed by atoms with Gasteiger partial charge in [0, 0.05) is 37.0 Å². The normalized spacial score (nSPS) is 13.9. The molecule has 0 N–H and O–H groups in total. The molecule has 6 nitrogen and oxygen atoms in total. The lowest BCUT2D eigenvalue weighted by atomic mass is 9.98. The van der Waals surface area contributed by atoms with E-state index in [-0.39, 0.29) is 12.2 Å². The highest BCUT2D eigenvalue weighted by Crippen LogP contribution is 2.31. The number of rotatable bonds is 5. The van der Waals surface area contributed by atoms with E-state index in [2.05, 4.69) is 4.90 Å². The number of hydrogen-bond donors (Lipinski definition) is 0. The van der Waals surface area contributed by atoms with E-state index in [0.29, 0.717) is 12.8 Å². The molecule has 1 aromatic carbocycles. The van der Waals surface area contributed by atoms with Gasteiger partial charge in [-0.1, -0.05) is 0 Å². The zero-order valence-electron chi connectivity index (χ0n) is 14.3. The molecule has 128 valence electrons. The molecule has 0 atom stereocenters. The van der Waals surface area contributed by atoms with Gasteiger partial charge in [0.2, 0.25) is 0 Å². The number of carbonyl (C=O) groups is 1. The molecule has 0 aromatic heterocycles. The monoisotopic (exact) mass is 330 g/mol. The van der Waals surface area contributed by atoms with Crippen molar-refractivity contribution in [3.05, 3.63) is 29.3 Å². The van der Waals surface area contributed by atoms with Crippen molar-refractivity contribution in [3.8, 4) is 17.6 Å². The minimum absolute atomic E-state index is 0.153. The summed E-state index contributed by atoms with van der Waals surface area (Å²) in [6.07, 6.45) is 1.31. The third-order valence-electron chi connectivity index (χ3n) is 4.01. The number of piperidine rings is 1. The van der Waals surface area contributed by atoms with Gasteiger partial charge in [-0.3, -0.25) is 0 Å². The topological polar surface area (TPSA) is 71.8 Å². The lowest BCUT2D eigenvalue weighted by Gasteiger charge is -2.31. The molecule has 1 fully saturated rings. The molecule has 0 bridgehead atoms. The van der Waals surface area contributed by atoms with Crippen LogP contribution in [0.3, 0.4) is 0 Å². The Morgan fingerprint density at radius 2 is 1.75 bits per heavy atom. The second-order valence-electron chi connectivity index (χ2n) is 5.37. The highest BCUT2D eigenvalue weighted by Gasteiger charge is 2.22. The standard InChI is InChI=1S/C18H22N2O4/c1-4-24-18(21)17(12-19)13-5-7-20(8-6-13)14-9-15(22-2)11-16(10-14)23-3/h9-11H,4-8H2,1-3H3. The number of benzene rings is 1. The molecule has 0 aliphatic carbocycles. The first-order valence-electron chi connectivity index (χ1n) is 7.90. The predicted molar refractivity (Wildman–Crippen MR) is 90.3 cm³/mol. The van der Waals surface area contributed by atoms with Crippen molar-refractivity contribution in [1.82, 2.24) is 0 Å². The number of methoxy groups -OCH3 is 2. The summed E-state index contributed by atoms with van der Waals surface area (Å²) in [6.45, 7) is 3.44. The third kappa shape index (κ3) is 3.99. The first-order chi connectivity index (χ1) is 11.6. The lowest BCUT2D eigenvalue weighted by molar-refractivity contribution is -0.138. The molecule has 1 saturated heterocycles. The van der Waals surface area contributed by atoms with E-state index in [4.69, 9.17) is 14.2 Å². The predicted octanol–water partition coefficient (Wildman–Crippen LogP) is 2.69. The third-order valence-corrected chi connectivity index (χ3v) is 4.01. The Bertz CT molecular complexity index is 644. The fourth-order valence-corrected chi connectivity index (χ4v) is 2.73. The molecule has 2 rings (SSSR count). The number of hydrogen-bond acceptors (Lipinski definition) is 6. The van der Waals surface area contributed by atoms with E-state index >= 15 is 0 Å². The molecule has 6 heteroatoms. The molecule has 1 aliphatic heterocycles. The first kappa shape index (κ1) is 17.7. The maximum absolute atomic E-state index is 11.8. The van der Waals surface area contributed by atoms with Crippen LogP contribution in [-0.2, 0) is 9.53 Å². The molecule has 0 saturated carbocycles. The van der Waals surface area contributed by atoms with Gasteiger partial charge in [-0.25, -0.2) is 4.79 Å². The number of nitrogens with zero attached hydrogens (tertiary/aromatic N) is 2. The lowest BCUT2D eigenvalue weighted by Crippen LogP contribution is -2.31. The molecule has 1 aliphatic rings. The Kier molecular flexibility index (Phi) is 6.07. The Labute approximate surface area is 142 Å². The van der Waals surface area contributed by atoms with E-state index in [1.54, 1.807) is 21.1 Å². The summed E-state index contributed by atoms with van der Waals surface area (Å²) >= 11 is 0. The Morgan fingerprint density at radius 1 is 1.17 bits per heavy atom. The Balaban J connectivity index is 2.15. The quantitative estimate of drug-likeness (QED) is 0.469. The summed E-state index contributed by atoms with van der Waals surface area (Å²) in [5, 5.41) is 9.24. The number of nitriles is 1. The molecule has 0 unspecified atom stereocenters. The zero-order chi connectivity index (χ0) is 17.5. The van der Waals surface area contributed by atoms with Crippen molar-refractivity contribution in [2.75, 3.05) is 38.8 Å². The van der Waals surface area contributed by atoms with Gasteiger partial charge in [0.25, 0.3) is 0 Å². The molecule has 1 heterocycles. The molecule has 1 aromatic rings. The summed E-state index contributed by atoms with van der Waals surface area (Å²) in [5.74, 6) is 0.941. The maximum Gasteiger partial charge on any atom is 0.348 e. The van der Waals surface area contributed by atoms with Crippen molar-refractivity contribution in [1.29, 1.82) is 5.26 Å². The first-order valence-corrected chi connectivity index (χ1v) is 7.90. The van der Waals surface area contributed by atoms with Crippen molar-refractivity contribution < 1.29 is 19.0 Å². The van der Waals surface area contributed by atoms with Gasteiger partial charge in [-0.2, -0.15) is 5.26 Å². The van der Waals surface area contributed by atoms with Crippen molar-refractivity contribution in [3.63, 3.8) is 0 Å². The van der Waals surface area contributed by atoms with Crippen molar-refractivity contribution in [2.45, 2.75) is 19.8 Å². The summed E-state index contributed by atoms with van der Waals surface area (Å²) in [7, 11) is 3.24. The van der Waals surface area contributed by atoms with Crippen LogP contribution < -0.4 is 14.4 Å². The van der Waals surface area contributed by atoms with Gasteiger partial charge in [-0.15, -0.1) is 0 Å². The number of anilines is 1. The smallest absolute Gasteiger partial charge is 0.348 e. The van der Waals surface area contributed by atoms with Crippen molar-refractivity contribution in [2.24, 2.45) is 0 Å². The number of ether oxygens (including phenoxy) is 3. The van der Waals surface area contributed by atoms with Gasteiger partial charge < -0.3 is 19.1 Å². The maximum atomic E-state index is 11.8. The summed E-state index contributed by atoms with van der Waals surface area (Å²) < 4.78 is 15.6. The second kappa shape index (κ2) is 8.25. The largest absolute Gasteiger partial charge is 0.497 e. The average molecular weight is 330 g/mol. The fourth-order valence-electron chi connectivity index (χ4n) is 2.73. The van der Waals surface area contributed by atoms with Crippen LogP contribution >= 0.6 is 0 Å². The van der Waals surface area contributed by atoms with E-state index in [9.17, 15) is 10.1 Å². The molecular weight excluding hydrogens is 308 g/mol. The van der Waals surface area contributed by atoms with Crippen molar-refractivity contribution >= 4 is 11.7 Å². The van der Waals surface area contributed by atoms with Gasteiger partial charge in [0.05, 0.1) is 20.8 Å². The van der Waals surface area contributed by atoms with E-state index in [0.717, 1.165) is 35.8 Å². The van der Waals surface area contributed by atoms with Gasteiger partial charge in [0.15, 0.2) is 0 Å². The van der Waals surface area contributed by atoms with E-state index < -0.39 is 5.97 Å². The summed E-state index contributed by atoms with van der Waals surface area (Å²) in [5.41, 5.74) is 2.02. The van der Waals surface area contributed by atoms with Crippen LogP contribution in [-0.4, -0.2) is 39.9 Å². The Hall–Kier alpha value is -2.68. The molecule has 0 radical (unpaired) electrons. The highest BCUT2D eigenvalue weighted by molar-refractivity contribution is 5.93. The van der Waals surface area contributed by atoms with E-state index in [1.807, 2.05) is 24.3 Å². The van der Waals surface area contributed by atoms with Gasteiger partial charge >= 0.3 is 5.97 Å². The summed E-state index contributed by atoms with van der Waals surface area (Å²) in [6, 6.07) is 7.73. The molecule has 24 heavy (non-hydrogen) atoms. The van der Waals surface area contributed by atoms with Crippen LogP contribution in [0.5, 0.6) is 11.5 Å². The summed E-state index contributed by atoms with van der Waals surface area (Å²) in [4.78, 5) is 14.0.